The van der Waals surface area contributed by atoms with Crippen LogP contribution in [0.4, 0.5) is 14.5 Å². The van der Waals surface area contributed by atoms with E-state index in [9.17, 15) is 22.0 Å². The highest BCUT2D eigenvalue weighted by Crippen LogP contribution is 2.22. The molecule has 0 aliphatic carbocycles. The van der Waals surface area contributed by atoms with Gasteiger partial charge in [-0.2, -0.15) is 8.78 Å². The van der Waals surface area contributed by atoms with Crippen LogP contribution >= 0.6 is 0 Å². The number of anilines is 1. The number of halogens is 2. The van der Waals surface area contributed by atoms with Crippen molar-refractivity contribution in [2.24, 2.45) is 0 Å². The van der Waals surface area contributed by atoms with Crippen LogP contribution in [0, 0.1) is 0 Å². The molecule has 2 aromatic rings. The first kappa shape index (κ1) is 23.5. The molecule has 0 aromatic heterocycles. The zero-order valence-corrected chi connectivity index (χ0v) is 17.5. The summed E-state index contributed by atoms with van der Waals surface area (Å²) < 4.78 is 55.6. The zero-order chi connectivity index (χ0) is 22.1. The third-order valence-electron chi connectivity index (χ3n) is 4.21. The van der Waals surface area contributed by atoms with Crippen molar-refractivity contribution >= 4 is 27.7 Å². The Balaban J connectivity index is 2.04. The lowest BCUT2D eigenvalue weighted by molar-refractivity contribution is -0.111. The summed E-state index contributed by atoms with van der Waals surface area (Å²) >= 11 is 0. The highest BCUT2D eigenvalue weighted by Gasteiger charge is 2.20. The third kappa shape index (κ3) is 6.64. The second kappa shape index (κ2) is 10.8. The first-order valence-electron chi connectivity index (χ1n) is 9.33. The third-order valence-corrected chi connectivity index (χ3v) is 6.08. The number of benzene rings is 2. The zero-order valence-electron chi connectivity index (χ0n) is 16.7. The standard InChI is InChI=1S/C21H24F2N2O4S/c1-3-4-15-25(2)30(27,28)18-12-10-17(11-13-18)24-20(26)14-9-16-7-5-6-8-19(16)29-21(22)23/h5-14,21H,3-4,15H2,1-2H3,(H,24,26)/b14-9+. The average molecular weight is 438 g/mol. The van der Waals surface area contributed by atoms with Gasteiger partial charge in [-0.3, -0.25) is 4.79 Å². The van der Waals surface area contributed by atoms with Crippen molar-refractivity contribution in [1.29, 1.82) is 0 Å². The van der Waals surface area contributed by atoms with Crippen molar-refractivity contribution in [3.63, 3.8) is 0 Å². The van der Waals surface area contributed by atoms with E-state index in [1.807, 2.05) is 6.92 Å². The average Bonchev–Trinajstić information content (AvgIpc) is 2.71. The van der Waals surface area contributed by atoms with Gasteiger partial charge in [0.25, 0.3) is 0 Å². The first-order chi connectivity index (χ1) is 14.2. The minimum absolute atomic E-state index is 0.0432. The maximum atomic E-state index is 12.5. The van der Waals surface area contributed by atoms with Crippen molar-refractivity contribution in [2.75, 3.05) is 18.9 Å². The largest absolute Gasteiger partial charge is 0.434 e. The Morgan fingerprint density at radius 3 is 2.47 bits per heavy atom. The van der Waals surface area contributed by atoms with Gasteiger partial charge in [-0.05, 0) is 42.8 Å². The molecule has 0 saturated heterocycles. The fraction of sp³-hybridized carbons (Fsp3) is 0.286. The Hall–Kier alpha value is -2.78. The van der Waals surface area contributed by atoms with Gasteiger partial charge < -0.3 is 10.1 Å². The van der Waals surface area contributed by atoms with Crippen LogP contribution in [0.1, 0.15) is 25.3 Å². The Bertz CT molecular complexity index is 977. The predicted molar refractivity (Wildman–Crippen MR) is 112 cm³/mol. The van der Waals surface area contributed by atoms with Gasteiger partial charge in [-0.1, -0.05) is 31.5 Å². The number of hydrogen-bond donors (Lipinski definition) is 1. The van der Waals surface area contributed by atoms with Crippen LogP contribution in [0.2, 0.25) is 0 Å². The molecule has 1 N–H and O–H groups in total. The lowest BCUT2D eigenvalue weighted by atomic mass is 10.2. The van der Waals surface area contributed by atoms with E-state index in [1.165, 1.54) is 59.9 Å². The van der Waals surface area contributed by atoms with Crippen LogP contribution in [0.25, 0.3) is 6.08 Å². The molecule has 0 radical (unpaired) electrons. The number of nitrogens with zero attached hydrogens (tertiary/aromatic N) is 1. The lowest BCUT2D eigenvalue weighted by Crippen LogP contribution is -2.27. The van der Waals surface area contributed by atoms with E-state index in [0.717, 1.165) is 12.8 Å². The molecule has 0 aliphatic heterocycles. The molecule has 2 aromatic carbocycles. The fourth-order valence-electron chi connectivity index (χ4n) is 2.56. The van der Waals surface area contributed by atoms with Crippen molar-refractivity contribution < 1.29 is 26.7 Å². The molecule has 0 atom stereocenters. The minimum atomic E-state index is -3.59. The maximum Gasteiger partial charge on any atom is 0.387 e. The predicted octanol–water partition coefficient (Wildman–Crippen LogP) is 4.36. The number of unbranched alkanes of at least 4 members (excludes halogenated alkanes) is 1. The molecule has 162 valence electrons. The molecule has 0 unspecified atom stereocenters. The topological polar surface area (TPSA) is 75.7 Å². The smallest absolute Gasteiger partial charge is 0.387 e. The molecule has 1 amide bonds. The molecule has 9 heteroatoms. The number of alkyl halides is 2. The second-order valence-electron chi connectivity index (χ2n) is 6.44. The molecular weight excluding hydrogens is 414 g/mol. The number of sulfonamides is 1. The number of carbonyl (C=O) groups excluding carboxylic acids is 1. The van der Waals surface area contributed by atoms with Crippen molar-refractivity contribution in [2.45, 2.75) is 31.3 Å². The second-order valence-corrected chi connectivity index (χ2v) is 8.49. The number of para-hydroxylation sites is 1. The van der Waals surface area contributed by atoms with Crippen LogP contribution in [-0.4, -0.2) is 38.8 Å². The van der Waals surface area contributed by atoms with Gasteiger partial charge in [0.15, 0.2) is 0 Å². The van der Waals surface area contributed by atoms with Crippen LogP contribution in [0.3, 0.4) is 0 Å². The molecule has 30 heavy (non-hydrogen) atoms. The van der Waals surface area contributed by atoms with Crippen molar-refractivity contribution in [3.8, 4) is 5.75 Å². The fourth-order valence-corrected chi connectivity index (χ4v) is 3.77. The summed E-state index contributed by atoms with van der Waals surface area (Å²) in [5.74, 6) is -0.546. The van der Waals surface area contributed by atoms with Gasteiger partial charge in [0.05, 0.1) is 4.90 Å². The van der Waals surface area contributed by atoms with Crippen LogP contribution < -0.4 is 10.1 Å². The number of ether oxygens (including phenoxy) is 1. The number of carbonyl (C=O) groups is 1. The summed E-state index contributed by atoms with van der Waals surface area (Å²) in [5, 5.41) is 2.59. The van der Waals surface area contributed by atoms with Crippen LogP contribution in [-0.2, 0) is 14.8 Å². The summed E-state index contributed by atoms with van der Waals surface area (Å²) in [6.45, 7) is -0.556. The Kier molecular flexibility index (Phi) is 8.49. The number of hydrogen-bond acceptors (Lipinski definition) is 4. The Labute approximate surface area is 175 Å². The van der Waals surface area contributed by atoms with E-state index >= 15 is 0 Å². The van der Waals surface area contributed by atoms with Gasteiger partial charge >= 0.3 is 6.61 Å². The van der Waals surface area contributed by atoms with Gasteiger partial charge in [-0.25, -0.2) is 12.7 Å². The van der Waals surface area contributed by atoms with E-state index in [-0.39, 0.29) is 10.6 Å². The highest BCUT2D eigenvalue weighted by atomic mass is 32.2. The van der Waals surface area contributed by atoms with E-state index in [1.54, 1.807) is 12.1 Å². The summed E-state index contributed by atoms with van der Waals surface area (Å²) in [7, 11) is -2.06. The van der Waals surface area contributed by atoms with Gasteiger partial charge in [-0.15, -0.1) is 0 Å². The Morgan fingerprint density at radius 1 is 1.17 bits per heavy atom. The summed E-state index contributed by atoms with van der Waals surface area (Å²) in [5.41, 5.74) is 0.724. The number of rotatable bonds is 10. The molecule has 2 rings (SSSR count). The molecule has 0 bridgehead atoms. The van der Waals surface area contributed by atoms with E-state index in [0.29, 0.717) is 17.8 Å². The molecule has 0 aliphatic rings. The van der Waals surface area contributed by atoms with Crippen LogP contribution in [0.5, 0.6) is 5.75 Å². The molecule has 0 saturated carbocycles. The first-order valence-corrected chi connectivity index (χ1v) is 10.8. The number of amides is 1. The molecule has 0 fully saturated rings. The highest BCUT2D eigenvalue weighted by molar-refractivity contribution is 7.89. The maximum absolute atomic E-state index is 12.5. The normalized spacial score (nSPS) is 11.9. The van der Waals surface area contributed by atoms with Gasteiger partial charge in [0.2, 0.25) is 15.9 Å². The van der Waals surface area contributed by atoms with Crippen molar-refractivity contribution in [3.05, 3.63) is 60.2 Å². The van der Waals surface area contributed by atoms with E-state index < -0.39 is 22.5 Å². The molecule has 6 nitrogen and oxygen atoms in total. The quantitative estimate of drug-likeness (QED) is 0.559. The summed E-state index contributed by atoms with van der Waals surface area (Å²) in [4.78, 5) is 12.2. The summed E-state index contributed by atoms with van der Waals surface area (Å²) in [6.07, 6.45) is 4.18. The van der Waals surface area contributed by atoms with Gasteiger partial charge in [0, 0.05) is 30.9 Å². The van der Waals surface area contributed by atoms with E-state index in [2.05, 4.69) is 10.1 Å². The summed E-state index contributed by atoms with van der Waals surface area (Å²) in [6, 6.07) is 11.9. The lowest BCUT2D eigenvalue weighted by Gasteiger charge is -2.17. The SMILES string of the molecule is CCCCN(C)S(=O)(=O)c1ccc(NC(=O)/C=C/c2ccccc2OC(F)F)cc1. The molecular formula is C21H24F2N2O4S. The molecule has 0 spiro atoms. The van der Waals surface area contributed by atoms with Crippen molar-refractivity contribution in [1.82, 2.24) is 4.31 Å². The number of nitrogens with one attached hydrogen (secondary N) is 1. The van der Waals surface area contributed by atoms with Crippen LogP contribution in [0.15, 0.2) is 59.5 Å². The minimum Gasteiger partial charge on any atom is -0.434 e. The molecule has 0 heterocycles. The van der Waals surface area contributed by atoms with E-state index in [4.69, 9.17) is 0 Å². The monoisotopic (exact) mass is 438 g/mol. The Morgan fingerprint density at radius 2 is 1.83 bits per heavy atom. The van der Waals surface area contributed by atoms with Gasteiger partial charge in [0.1, 0.15) is 5.75 Å².